The van der Waals surface area contributed by atoms with E-state index in [0.29, 0.717) is 0 Å². The molecule has 0 atom stereocenters. The largest absolute Gasteiger partial charge is 3.00 e. The summed E-state index contributed by atoms with van der Waals surface area (Å²) < 4.78 is 0. The third kappa shape index (κ3) is 65.2. The first-order valence-electron chi connectivity index (χ1n) is 0. The molecule has 0 amide bonds. The second-order valence-electron chi connectivity index (χ2n) is 0. The Hall–Kier alpha value is 1.18. The summed E-state index contributed by atoms with van der Waals surface area (Å²) in [6, 6.07) is 0. The van der Waals surface area contributed by atoms with E-state index in [1.807, 2.05) is 0 Å². The van der Waals surface area contributed by atoms with Gasteiger partial charge in [-0.05, 0) is 0 Å². The monoisotopic (exact) mass is 272 g/mol. The Labute approximate surface area is 63.2 Å². The van der Waals surface area contributed by atoms with Crippen LogP contribution in [0.3, 0.4) is 0 Å². The Kier molecular flexibility index (Phi) is 3930. The van der Waals surface area contributed by atoms with Crippen LogP contribution in [0.1, 0.15) is 0 Å². The number of hydrogen-bond acceptors (Lipinski definition) is 4. The van der Waals surface area contributed by atoms with Crippen molar-refractivity contribution in [3.63, 3.8) is 0 Å². The Bertz CT molecular complexity index is 7.51. The molecule has 0 fully saturated rings. The number of rotatable bonds is 0. The molecule has 6 heteroatoms. The van der Waals surface area contributed by atoms with Gasteiger partial charge in [0.1, 0.15) is 0 Å². The zero-order valence-corrected chi connectivity index (χ0v) is 5.26. The Balaban J connectivity index is 0. The minimum absolute atomic E-state index is 0. The van der Waals surface area contributed by atoms with E-state index in [1.165, 1.54) is 0 Å². The van der Waals surface area contributed by atoms with Gasteiger partial charge in [0, 0.05) is 0 Å². The van der Waals surface area contributed by atoms with Crippen LogP contribution in [-0.2, 0) is 22.4 Å². The molecule has 0 aliphatic rings. The molecular weight excluding hydrogens is 268 g/mol. The molecule has 4 nitrogen and oxygen atoms in total. The van der Waals surface area contributed by atoms with Gasteiger partial charge in [-0.15, -0.1) is 0 Å². The van der Waals surface area contributed by atoms with Crippen molar-refractivity contribution in [2.24, 2.45) is 0 Å². The smallest absolute Gasteiger partial charge is 0.870 e. The van der Waals surface area contributed by atoms with E-state index in [9.17, 15) is 0 Å². The number of hydrogen-bond donors (Lipinski definition) is 0. The van der Waals surface area contributed by atoms with Crippen LogP contribution in [0.15, 0.2) is 0 Å². The third-order valence-corrected chi connectivity index (χ3v) is 0. The first kappa shape index (κ1) is 198. The van der Waals surface area contributed by atoms with Crippen molar-refractivity contribution >= 4 is 0 Å². The van der Waals surface area contributed by atoms with E-state index < -0.39 is 0 Å². The minimum atomic E-state index is 0. The van der Waals surface area contributed by atoms with Crippen molar-refractivity contribution < 1.29 is 63.1 Å². The second-order valence-corrected chi connectivity index (χ2v) is 0. The summed E-state index contributed by atoms with van der Waals surface area (Å²) in [7, 11) is 0. The molecule has 0 aliphatic heterocycles. The van der Waals surface area contributed by atoms with Crippen molar-refractivity contribution in [2.45, 2.75) is 0 Å². The van der Waals surface area contributed by atoms with Crippen molar-refractivity contribution in [1.82, 2.24) is 0 Å². The molecule has 0 aromatic heterocycles. The zero-order valence-electron chi connectivity index (χ0n) is 3.09. The quantitative estimate of drug-likeness (QED) is 0.421. The van der Waals surface area contributed by atoms with Crippen LogP contribution in [0.4, 0.5) is 0 Å². The first-order chi connectivity index (χ1) is 0. The van der Waals surface area contributed by atoms with Crippen LogP contribution in [0, 0.1) is 0 Å². The van der Waals surface area contributed by atoms with Crippen molar-refractivity contribution in [1.29, 1.82) is 0 Å². The first-order valence-corrected chi connectivity index (χ1v) is 0. The van der Waals surface area contributed by atoms with E-state index in [4.69, 9.17) is 0 Å². The Morgan fingerprint density at radius 2 is 0.500 bits per heavy atom. The molecule has 40 valence electrons. The van der Waals surface area contributed by atoms with Crippen LogP contribution in [0.25, 0.3) is 0 Å². The van der Waals surface area contributed by atoms with E-state index in [0.717, 1.165) is 0 Å². The van der Waals surface area contributed by atoms with Crippen molar-refractivity contribution in [3.8, 4) is 0 Å². The van der Waals surface area contributed by atoms with Crippen LogP contribution in [0.2, 0.25) is 0 Å². The van der Waals surface area contributed by atoms with Gasteiger partial charge in [0.05, 0.1) is 0 Å². The molecule has 0 saturated carbocycles. The summed E-state index contributed by atoms with van der Waals surface area (Å²) in [6.45, 7) is 0. The minimum Gasteiger partial charge on any atom is -0.870 e. The summed E-state index contributed by atoms with van der Waals surface area (Å²) >= 11 is 0. The fourth-order valence-electron chi connectivity index (χ4n) is 0. The molecule has 0 unspecified atom stereocenters. The van der Waals surface area contributed by atoms with Crippen LogP contribution < -0.4 is 18.9 Å². The molecule has 6 heavy (non-hydrogen) atoms. The maximum atomic E-state index is 0. The Morgan fingerprint density at radius 3 is 0.500 bits per heavy atom. The van der Waals surface area contributed by atoms with Gasteiger partial charge in [-0.1, -0.05) is 0 Å². The predicted molar refractivity (Wildman–Crippen MR) is 7.74 cm³/mol. The van der Waals surface area contributed by atoms with Crippen LogP contribution >= 0.6 is 0 Å². The SMILES string of the molecule is [Au+3].[Li+].[OH-].[OH-].[OH-].[OH-]. The van der Waals surface area contributed by atoms with Gasteiger partial charge in [0.15, 0.2) is 0 Å². The van der Waals surface area contributed by atoms with Gasteiger partial charge in [0.25, 0.3) is 0 Å². The maximum Gasteiger partial charge on any atom is 3.00 e. The molecule has 0 aliphatic carbocycles. The standard InChI is InChI=1S/Au.Li.4H2O/h;;4*1H2/q+3;+1;;;;/p-4. The topological polar surface area (TPSA) is 120 Å². The fraction of sp³-hybridized carbons (Fsp3) is 0. The van der Waals surface area contributed by atoms with Gasteiger partial charge in [-0.3, -0.25) is 0 Å². The molecular formula is H4AuLiO4. The van der Waals surface area contributed by atoms with E-state index in [-0.39, 0.29) is 63.1 Å². The fourth-order valence-corrected chi connectivity index (χ4v) is 0. The van der Waals surface area contributed by atoms with Gasteiger partial charge >= 0.3 is 41.2 Å². The summed E-state index contributed by atoms with van der Waals surface area (Å²) in [5.41, 5.74) is 0. The van der Waals surface area contributed by atoms with E-state index >= 15 is 0 Å². The van der Waals surface area contributed by atoms with Gasteiger partial charge < -0.3 is 21.9 Å². The van der Waals surface area contributed by atoms with Crippen molar-refractivity contribution in [3.05, 3.63) is 0 Å². The van der Waals surface area contributed by atoms with Crippen molar-refractivity contribution in [2.75, 3.05) is 0 Å². The Morgan fingerprint density at radius 1 is 0.500 bits per heavy atom. The predicted octanol–water partition coefficient (Wildman–Crippen LogP) is -3.71. The average Bonchev–Trinajstić information content (AvgIpc) is 0. The summed E-state index contributed by atoms with van der Waals surface area (Å²) in [5, 5.41) is 0. The zero-order chi connectivity index (χ0) is 0. The van der Waals surface area contributed by atoms with Crippen LogP contribution in [-0.4, -0.2) is 21.9 Å². The molecule has 0 saturated heterocycles. The maximum absolute atomic E-state index is 0. The summed E-state index contributed by atoms with van der Waals surface area (Å²) in [4.78, 5) is 0. The second kappa shape index (κ2) is 119. The van der Waals surface area contributed by atoms with Gasteiger partial charge in [-0.2, -0.15) is 0 Å². The molecule has 4 N–H and O–H groups in total. The third-order valence-electron chi connectivity index (χ3n) is 0. The molecule has 0 spiro atoms. The molecule has 0 aromatic rings. The molecule has 0 aromatic carbocycles. The van der Waals surface area contributed by atoms with Gasteiger partial charge in [0.2, 0.25) is 0 Å². The van der Waals surface area contributed by atoms with E-state index in [2.05, 4.69) is 0 Å². The molecule has 0 heterocycles. The van der Waals surface area contributed by atoms with E-state index in [1.54, 1.807) is 0 Å². The normalized spacial score (nSPS) is 0. The molecule has 0 bridgehead atoms. The average molecular weight is 272 g/mol. The molecule has 0 radical (unpaired) electrons. The molecule has 0 rings (SSSR count). The van der Waals surface area contributed by atoms with Crippen LogP contribution in [0.5, 0.6) is 0 Å². The summed E-state index contributed by atoms with van der Waals surface area (Å²) in [5.74, 6) is 0. The van der Waals surface area contributed by atoms with Gasteiger partial charge in [-0.25, -0.2) is 0 Å². The summed E-state index contributed by atoms with van der Waals surface area (Å²) in [6.07, 6.45) is 0.